The van der Waals surface area contributed by atoms with E-state index in [1.54, 1.807) is 38.3 Å². The Labute approximate surface area is 183 Å². The number of fused-ring (bicyclic) bond motifs is 1. The number of hydrogen-bond acceptors (Lipinski definition) is 7. The number of aliphatic hydroxyl groups is 1. The number of carbonyl (C=O) groups excluding carboxylic acids is 2. The van der Waals surface area contributed by atoms with Crippen molar-refractivity contribution in [1.29, 1.82) is 0 Å². The lowest BCUT2D eigenvalue weighted by atomic mass is 10.0. The number of aliphatic imine (C=N–C) groups is 1. The molecule has 156 valence electrons. The van der Waals surface area contributed by atoms with E-state index in [4.69, 9.17) is 9.47 Å². The van der Waals surface area contributed by atoms with E-state index in [-0.39, 0.29) is 23.7 Å². The summed E-state index contributed by atoms with van der Waals surface area (Å²) in [5, 5.41) is 12.7. The standard InChI is InChI=1S/C24H19NO5S/c1-3-30-24(28)20-19(14-8-10-15(29-2)11-9-14)13-31-23(20)25-12-18-21(26)16-6-4-5-7-17(16)22(18)27/h4-13,26H,3H2,1-2H3/b25-12+. The molecule has 0 radical (unpaired) electrons. The Bertz CT molecular complexity index is 1220. The monoisotopic (exact) mass is 433 g/mol. The van der Waals surface area contributed by atoms with Crippen LogP contribution in [0.4, 0.5) is 5.00 Å². The lowest BCUT2D eigenvalue weighted by Gasteiger charge is -2.06. The molecule has 0 atom stereocenters. The van der Waals surface area contributed by atoms with Gasteiger partial charge in [-0.2, -0.15) is 0 Å². The first kappa shape index (κ1) is 20.6. The highest BCUT2D eigenvalue weighted by atomic mass is 32.1. The van der Waals surface area contributed by atoms with Gasteiger partial charge in [0, 0.05) is 28.3 Å². The average molecular weight is 433 g/mol. The Hall–Kier alpha value is -3.71. The van der Waals surface area contributed by atoms with Crippen molar-refractivity contribution in [3.05, 3.63) is 76.2 Å². The smallest absolute Gasteiger partial charge is 0.341 e. The van der Waals surface area contributed by atoms with Crippen molar-refractivity contribution in [1.82, 2.24) is 0 Å². The van der Waals surface area contributed by atoms with Crippen LogP contribution in [-0.4, -0.2) is 36.8 Å². The molecule has 1 heterocycles. The summed E-state index contributed by atoms with van der Waals surface area (Å²) in [6.45, 7) is 1.96. The van der Waals surface area contributed by atoms with E-state index >= 15 is 0 Å². The third-order valence-corrected chi connectivity index (χ3v) is 5.78. The van der Waals surface area contributed by atoms with Crippen molar-refractivity contribution in [2.75, 3.05) is 13.7 Å². The van der Waals surface area contributed by atoms with Gasteiger partial charge in [-0.05, 0) is 24.6 Å². The van der Waals surface area contributed by atoms with Gasteiger partial charge in [-0.15, -0.1) is 11.3 Å². The topological polar surface area (TPSA) is 85.2 Å². The van der Waals surface area contributed by atoms with Gasteiger partial charge in [0.1, 0.15) is 22.1 Å². The molecule has 1 N–H and O–H groups in total. The SMILES string of the molecule is CCOC(=O)c1c(-c2ccc(OC)cc2)csc1/N=C/C1=C(O)c2ccccc2C1=O. The zero-order valence-corrected chi connectivity index (χ0v) is 17.7. The molecule has 1 aliphatic carbocycles. The van der Waals surface area contributed by atoms with Crippen LogP contribution in [0.3, 0.4) is 0 Å². The van der Waals surface area contributed by atoms with E-state index in [1.807, 2.05) is 29.6 Å². The average Bonchev–Trinajstić information content (AvgIpc) is 3.32. The number of aliphatic hydroxyl groups excluding tert-OH is 1. The number of benzene rings is 2. The summed E-state index contributed by atoms with van der Waals surface area (Å²) in [7, 11) is 1.59. The molecule has 2 aromatic carbocycles. The van der Waals surface area contributed by atoms with Gasteiger partial charge >= 0.3 is 5.97 Å². The van der Waals surface area contributed by atoms with E-state index in [9.17, 15) is 14.7 Å². The highest BCUT2D eigenvalue weighted by Gasteiger charge is 2.28. The van der Waals surface area contributed by atoms with Crippen LogP contribution in [0.1, 0.15) is 33.2 Å². The molecule has 1 aliphatic rings. The number of rotatable bonds is 6. The van der Waals surface area contributed by atoms with E-state index in [1.165, 1.54) is 17.6 Å². The first-order chi connectivity index (χ1) is 15.0. The quantitative estimate of drug-likeness (QED) is 0.412. The molecule has 0 amide bonds. The van der Waals surface area contributed by atoms with Gasteiger partial charge < -0.3 is 14.6 Å². The van der Waals surface area contributed by atoms with E-state index in [0.29, 0.717) is 33.0 Å². The van der Waals surface area contributed by atoms with Gasteiger partial charge in [0.15, 0.2) is 5.78 Å². The normalized spacial score (nSPS) is 13.0. The number of hydrogen-bond donors (Lipinski definition) is 1. The van der Waals surface area contributed by atoms with Crippen LogP contribution < -0.4 is 4.74 Å². The minimum Gasteiger partial charge on any atom is -0.506 e. The Morgan fingerprint density at radius 1 is 1.10 bits per heavy atom. The number of methoxy groups -OCH3 is 1. The largest absolute Gasteiger partial charge is 0.506 e. The number of ether oxygens (including phenoxy) is 2. The second-order valence-electron chi connectivity index (χ2n) is 6.67. The van der Waals surface area contributed by atoms with Crippen molar-refractivity contribution in [2.45, 2.75) is 6.92 Å². The first-order valence-electron chi connectivity index (χ1n) is 9.59. The Morgan fingerprint density at radius 2 is 1.81 bits per heavy atom. The molecular weight excluding hydrogens is 414 g/mol. The van der Waals surface area contributed by atoms with Crippen molar-refractivity contribution < 1.29 is 24.2 Å². The summed E-state index contributed by atoms with van der Waals surface area (Å²) in [6.07, 6.45) is 1.31. The number of carbonyl (C=O) groups is 2. The molecule has 3 aromatic rings. The zero-order valence-electron chi connectivity index (χ0n) is 16.9. The predicted molar refractivity (Wildman–Crippen MR) is 121 cm³/mol. The van der Waals surface area contributed by atoms with Crippen LogP contribution in [-0.2, 0) is 4.74 Å². The fourth-order valence-corrected chi connectivity index (χ4v) is 4.26. The molecule has 0 aliphatic heterocycles. The van der Waals surface area contributed by atoms with Gasteiger partial charge in [-0.3, -0.25) is 4.79 Å². The fraction of sp³-hybridized carbons (Fsp3) is 0.125. The van der Waals surface area contributed by atoms with Crippen LogP contribution >= 0.6 is 11.3 Å². The molecule has 1 aromatic heterocycles. The maximum atomic E-state index is 12.7. The fourth-order valence-electron chi connectivity index (χ4n) is 3.35. The highest BCUT2D eigenvalue weighted by molar-refractivity contribution is 7.14. The molecular formula is C24H19NO5S. The van der Waals surface area contributed by atoms with Crippen molar-refractivity contribution in [3.63, 3.8) is 0 Å². The maximum absolute atomic E-state index is 12.7. The van der Waals surface area contributed by atoms with Gasteiger partial charge in [-0.25, -0.2) is 9.79 Å². The van der Waals surface area contributed by atoms with Crippen LogP contribution in [0.15, 0.2) is 64.5 Å². The third kappa shape index (κ3) is 3.75. The van der Waals surface area contributed by atoms with E-state index < -0.39 is 5.97 Å². The van der Waals surface area contributed by atoms with Crippen LogP contribution in [0.5, 0.6) is 5.75 Å². The van der Waals surface area contributed by atoms with Gasteiger partial charge in [-0.1, -0.05) is 36.4 Å². The van der Waals surface area contributed by atoms with Crippen molar-refractivity contribution >= 4 is 40.1 Å². The summed E-state index contributed by atoms with van der Waals surface area (Å²) in [5.41, 5.74) is 2.80. The van der Waals surface area contributed by atoms with Gasteiger partial charge in [0.05, 0.1) is 19.3 Å². The lowest BCUT2D eigenvalue weighted by molar-refractivity contribution is 0.0528. The predicted octanol–water partition coefficient (Wildman–Crippen LogP) is 5.47. The summed E-state index contributed by atoms with van der Waals surface area (Å²) in [4.78, 5) is 29.7. The Kier molecular flexibility index (Phi) is 5.68. The number of esters is 1. The van der Waals surface area contributed by atoms with Crippen molar-refractivity contribution in [3.8, 4) is 16.9 Å². The molecule has 0 fully saturated rings. The second-order valence-corrected chi connectivity index (χ2v) is 7.53. The number of allylic oxidation sites excluding steroid dienone is 1. The van der Waals surface area contributed by atoms with Gasteiger partial charge in [0.2, 0.25) is 0 Å². The summed E-state index contributed by atoms with van der Waals surface area (Å²) in [5.74, 6) is -0.215. The van der Waals surface area contributed by atoms with Crippen molar-refractivity contribution in [2.24, 2.45) is 4.99 Å². The number of Topliss-reactive ketones (excluding diaryl/α,β-unsaturated/α-hetero) is 1. The molecule has 7 heteroatoms. The molecule has 31 heavy (non-hydrogen) atoms. The molecule has 0 unspecified atom stereocenters. The summed E-state index contributed by atoms with van der Waals surface area (Å²) >= 11 is 1.26. The minimum absolute atomic E-state index is 0.0930. The van der Waals surface area contributed by atoms with E-state index in [0.717, 1.165) is 5.56 Å². The number of nitrogens with zero attached hydrogens (tertiary/aromatic N) is 1. The summed E-state index contributed by atoms with van der Waals surface area (Å²) in [6, 6.07) is 14.1. The van der Waals surface area contributed by atoms with Crippen LogP contribution in [0, 0.1) is 0 Å². The molecule has 0 saturated heterocycles. The minimum atomic E-state index is -0.499. The van der Waals surface area contributed by atoms with Crippen LogP contribution in [0.2, 0.25) is 0 Å². The van der Waals surface area contributed by atoms with Gasteiger partial charge in [0.25, 0.3) is 0 Å². The third-order valence-electron chi connectivity index (χ3n) is 4.89. The van der Waals surface area contributed by atoms with E-state index in [2.05, 4.69) is 4.99 Å². The number of thiophene rings is 1. The molecule has 0 spiro atoms. The summed E-state index contributed by atoms with van der Waals surface area (Å²) < 4.78 is 10.4. The highest BCUT2D eigenvalue weighted by Crippen LogP contribution is 2.39. The zero-order chi connectivity index (χ0) is 22.0. The maximum Gasteiger partial charge on any atom is 0.341 e. The number of ketones is 1. The lowest BCUT2D eigenvalue weighted by Crippen LogP contribution is -2.05. The first-order valence-corrected chi connectivity index (χ1v) is 10.5. The Morgan fingerprint density at radius 3 is 2.45 bits per heavy atom. The molecule has 4 rings (SSSR count). The Balaban J connectivity index is 1.73. The van der Waals surface area contributed by atoms with Crippen LogP contribution in [0.25, 0.3) is 16.9 Å². The molecule has 0 bridgehead atoms. The second kappa shape index (κ2) is 8.57. The molecule has 0 saturated carbocycles. The molecule has 6 nitrogen and oxygen atoms in total.